The molecule has 504 valence electrons. The second-order valence-electron chi connectivity index (χ2n) is 25.9. The maximum Gasteiger partial charge on any atom is 0.361 e. The van der Waals surface area contributed by atoms with Crippen LogP contribution in [0, 0.1) is 0 Å². The second kappa shape index (κ2) is 68.4. The highest BCUT2D eigenvalue weighted by Gasteiger charge is 2.25. The fraction of sp³-hybridized carbons (Fsp3) is 0.782. The van der Waals surface area contributed by atoms with Gasteiger partial charge in [-0.25, -0.2) is 4.79 Å². The van der Waals surface area contributed by atoms with E-state index in [4.69, 9.17) is 18.9 Å². The van der Waals surface area contributed by atoms with E-state index in [2.05, 4.69) is 98.9 Å². The lowest BCUT2D eigenvalue weighted by Crippen LogP contribution is -2.40. The number of allylic oxidation sites excluding steroid dienone is 14. The third-order valence-electron chi connectivity index (χ3n) is 16.1. The lowest BCUT2D eigenvalue weighted by molar-refractivity contribution is -0.870. The quantitative estimate of drug-likeness (QED) is 0.0211. The number of rotatable bonds is 68. The normalized spacial score (nSPS) is 13.2. The van der Waals surface area contributed by atoms with Crippen LogP contribution in [0.2, 0.25) is 0 Å². The number of likely N-dealkylation sites (N-methyl/N-ethyl adjacent to an activating group) is 1. The number of unbranched alkanes of at least 4 members (excludes halogenated alkanes) is 39. The molecule has 9 nitrogen and oxygen atoms in total. The van der Waals surface area contributed by atoms with Crippen molar-refractivity contribution in [1.82, 2.24) is 0 Å². The van der Waals surface area contributed by atoms with E-state index in [0.717, 1.165) is 77.0 Å². The fourth-order valence-electron chi connectivity index (χ4n) is 10.5. The molecular formula is C78H140NO8+. The predicted molar refractivity (Wildman–Crippen MR) is 373 cm³/mol. The van der Waals surface area contributed by atoms with Crippen LogP contribution >= 0.6 is 0 Å². The summed E-state index contributed by atoms with van der Waals surface area (Å²) in [4.78, 5) is 37.7. The maximum absolute atomic E-state index is 13.0. The first-order valence-corrected chi connectivity index (χ1v) is 36.8. The molecule has 0 saturated carbocycles. The van der Waals surface area contributed by atoms with E-state index in [9.17, 15) is 19.5 Å². The van der Waals surface area contributed by atoms with Gasteiger partial charge < -0.3 is 28.5 Å². The summed E-state index contributed by atoms with van der Waals surface area (Å²) in [6.45, 7) is 4.80. The molecule has 2 atom stereocenters. The van der Waals surface area contributed by atoms with Gasteiger partial charge in [0.25, 0.3) is 6.29 Å². The Labute approximate surface area is 538 Å². The van der Waals surface area contributed by atoms with Crippen molar-refractivity contribution in [3.63, 3.8) is 0 Å². The van der Waals surface area contributed by atoms with Gasteiger partial charge in [0.05, 0.1) is 34.4 Å². The van der Waals surface area contributed by atoms with Crippen LogP contribution in [0.4, 0.5) is 0 Å². The summed E-state index contributed by atoms with van der Waals surface area (Å²) in [7, 11) is 5.99. The summed E-state index contributed by atoms with van der Waals surface area (Å²) < 4.78 is 23.0. The van der Waals surface area contributed by atoms with E-state index in [1.54, 1.807) is 0 Å². The molecule has 0 aliphatic rings. The summed E-state index contributed by atoms with van der Waals surface area (Å²) in [5.74, 6) is -1.99. The summed E-state index contributed by atoms with van der Waals surface area (Å²) in [5, 5.41) is 9.76. The molecule has 0 fully saturated rings. The molecule has 0 radical (unpaired) electrons. The van der Waals surface area contributed by atoms with Gasteiger partial charge >= 0.3 is 17.9 Å². The van der Waals surface area contributed by atoms with Crippen LogP contribution in [0.15, 0.2) is 85.1 Å². The molecule has 0 aromatic heterocycles. The molecule has 0 rings (SSSR count). The highest BCUT2D eigenvalue weighted by atomic mass is 16.7. The van der Waals surface area contributed by atoms with Gasteiger partial charge in [-0.05, 0) is 89.9 Å². The van der Waals surface area contributed by atoms with Crippen molar-refractivity contribution >= 4 is 17.9 Å². The lowest BCUT2D eigenvalue weighted by atomic mass is 10.0. The van der Waals surface area contributed by atoms with E-state index in [-0.39, 0.29) is 38.2 Å². The van der Waals surface area contributed by atoms with Gasteiger partial charge in [0.1, 0.15) is 13.2 Å². The molecule has 0 amide bonds. The Bertz CT molecular complexity index is 1700. The molecule has 0 spiro atoms. The van der Waals surface area contributed by atoms with Crippen LogP contribution in [0.25, 0.3) is 0 Å². The Morgan fingerprint density at radius 2 is 0.655 bits per heavy atom. The molecule has 0 aliphatic carbocycles. The number of hydrogen-bond acceptors (Lipinski definition) is 7. The van der Waals surface area contributed by atoms with Gasteiger partial charge in [-0.2, -0.15) is 0 Å². The topological polar surface area (TPSA) is 108 Å². The van der Waals surface area contributed by atoms with Gasteiger partial charge in [0, 0.05) is 12.8 Å². The Morgan fingerprint density at radius 3 is 0.977 bits per heavy atom. The van der Waals surface area contributed by atoms with E-state index >= 15 is 0 Å². The monoisotopic (exact) mass is 1220 g/mol. The maximum atomic E-state index is 13.0. The first-order valence-electron chi connectivity index (χ1n) is 36.8. The smallest absolute Gasteiger partial charge is 0.361 e. The lowest BCUT2D eigenvalue weighted by Gasteiger charge is -2.25. The summed E-state index contributed by atoms with van der Waals surface area (Å²) >= 11 is 0. The Kier molecular flexibility index (Phi) is 65.6. The number of esters is 2. The van der Waals surface area contributed by atoms with E-state index in [1.807, 2.05) is 21.1 Å². The zero-order valence-electron chi connectivity index (χ0n) is 57.7. The van der Waals surface area contributed by atoms with Crippen molar-refractivity contribution < 1.29 is 42.9 Å². The van der Waals surface area contributed by atoms with Crippen molar-refractivity contribution in [1.29, 1.82) is 0 Å². The number of hydrogen-bond donors (Lipinski definition) is 1. The number of quaternary nitrogens is 1. The number of aliphatic carboxylic acids is 1. The number of carbonyl (C=O) groups excluding carboxylic acids is 2. The zero-order valence-corrected chi connectivity index (χ0v) is 57.7. The van der Waals surface area contributed by atoms with Gasteiger partial charge in [-0.1, -0.05) is 317 Å². The number of nitrogens with zero attached hydrogens (tertiary/aromatic N) is 1. The molecular weight excluding hydrogens is 1080 g/mol. The largest absolute Gasteiger partial charge is 0.477 e. The standard InChI is InChI=1S/C78H139NO8/c1-6-8-10-12-14-16-18-20-22-24-26-28-30-32-34-35-36-37-38-39-40-41-43-45-47-49-51-53-55-57-59-61-63-65-67-69-76(81)87-74(73-86-78(77(82)83)84-71-70-79(3,4)5)72-85-75(80)68-66-64-62-60-58-56-54-52-50-48-46-44-42-33-31-29-27-25-23-21-19-17-15-13-11-9-7-2/h8,10,14,16,19-22,25-28,32,34,74,78H,6-7,9,11-13,15,17-18,23-24,29-31,33,35-73H2,1-5H3/p+1/b10-8-,16-14-,21-19-,22-20-,27-25-,28-26-,34-32-. The third-order valence-corrected chi connectivity index (χ3v) is 16.1. The summed E-state index contributed by atoms with van der Waals surface area (Å²) in [5.41, 5.74) is 0. The zero-order chi connectivity index (χ0) is 63.3. The molecule has 0 aromatic carbocycles. The number of carboxylic acid groups (broad SMARTS) is 1. The van der Waals surface area contributed by atoms with Crippen molar-refractivity contribution in [2.24, 2.45) is 0 Å². The summed E-state index contributed by atoms with van der Waals surface area (Å²) in [6, 6.07) is 0. The predicted octanol–water partition coefficient (Wildman–Crippen LogP) is 23.0. The van der Waals surface area contributed by atoms with Gasteiger partial charge in [-0.15, -0.1) is 0 Å². The van der Waals surface area contributed by atoms with Crippen LogP contribution < -0.4 is 0 Å². The molecule has 1 N–H and O–H groups in total. The van der Waals surface area contributed by atoms with Gasteiger partial charge in [0.2, 0.25) is 0 Å². The molecule has 0 aliphatic heterocycles. The van der Waals surface area contributed by atoms with E-state index in [1.165, 1.54) is 231 Å². The third kappa shape index (κ3) is 69.8. The SMILES string of the molecule is CC/C=C\C/C=C\C/C=C\C/C=C\C/C=C\CCCCCCCCCCCCCCCCCCCCCC(=O)OC(COC(=O)CCCCCCCCCCCCCCCCC/C=C\C/C=C\CCCCCCC)COC(OCC[N+](C)(C)C)C(=O)O. The Hall–Kier alpha value is -3.53. The molecule has 0 heterocycles. The molecule has 9 heteroatoms. The molecule has 87 heavy (non-hydrogen) atoms. The van der Waals surface area contributed by atoms with E-state index < -0.39 is 18.4 Å². The molecule has 0 bridgehead atoms. The van der Waals surface area contributed by atoms with Crippen molar-refractivity contribution in [3.05, 3.63) is 85.1 Å². The Morgan fingerprint density at radius 1 is 0.356 bits per heavy atom. The minimum Gasteiger partial charge on any atom is -0.477 e. The first kappa shape index (κ1) is 83.5. The first-order chi connectivity index (χ1) is 42.6. The van der Waals surface area contributed by atoms with Crippen LogP contribution in [-0.2, 0) is 33.3 Å². The minimum atomic E-state index is -1.51. The van der Waals surface area contributed by atoms with Crippen molar-refractivity contribution in [2.75, 3.05) is 47.5 Å². The van der Waals surface area contributed by atoms with Crippen LogP contribution in [0.3, 0.4) is 0 Å². The van der Waals surface area contributed by atoms with Crippen LogP contribution in [-0.4, -0.2) is 87.4 Å². The highest BCUT2D eigenvalue weighted by Crippen LogP contribution is 2.18. The average Bonchev–Trinajstić information content (AvgIpc) is 3.56. The fourth-order valence-corrected chi connectivity index (χ4v) is 10.5. The Balaban J connectivity index is 4.05. The van der Waals surface area contributed by atoms with E-state index in [0.29, 0.717) is 17.4 Å². The second-order valence-corrected chi connectivity index (χ2v) is 25.9. The van der Waals surface area contributed by atoms with Crippen LogP contribution in [0.1, 0.15) is 335 Å². The number of carbonyl (C=O) groups is 3. The average molecular weight is 1220 g/mol. The molecule has 0 saturated heterocycles. The molecule has 2 unspecified atom stereocenters. The van der Waals surface area contributed by atoms with Crippen molar-refractivity contribution in [3.8, 4) is 0 Å². The van der Waals surface area contributed by atoms with Gasteiger partial charge in [-0.3, -0.25) is 9.59 Å². The number of ether oxygens (including phenoxy) is 4. The minimum absolute atomic E-state index is 0.180. The van der Waals surface area contributed by atoms with Crippen LogP contribution in [0.5, 0.6) is 0 Å². The van der Waals surface area contributed by atoms with Gasteiger partial charge in [0.15, 0.2) is 6.10 Å². The highest BCUT2D eigenvalue weighted by molar-refractivity contribution is 5.71. The summed E-state index contributed by atoms with van der Waals surface area (Å²) in [6.07, 6.45) is 89.9. The number of carboxylic acids is 1. The molecule has 0 aromatic rings. The van der Waals surface area contributed by atoms with Crippen molar-refractivity contribution in [2.45, 2.75) is 347 Å².